The number of nitrogens with zero attached hydrogens (tertiary/aromatic N) is 1. The Bertz CT molecular complexity index is 793. The van der Waals surface area contributed by atoms with E-state index in [9.17, 15) is 9.59 Å². The lowest BCUT2D eigenvalue weighted by molar-refractivity contribution is -0.138. The molecule has 0 aromatic heterocycles. The Morgan fingerprint density at radius 3 is 2.55 bits per heavy atom. The first kappa shape index (κ1) is 20.0. The molecule has 1 aromatic carbocycles. The van der Waals surface area contributed by atoms with Crippen molar-refractivity contribution in [1.29, 1.82) is 0 Å². The molecule has 0 bridgehead atoms. The number of rotatable bonds is 3. The summed E-state index contributed by atoms with van der Waals surface area (Å²) in [6.07, 6.45) is 7.25. The molecule has 1 saturated carbocycles. The highest BCUT2D eigenvalue weighted by Crippen LogP contribution is 2.46. The minimum Gasteiger partial charge on any atom is -0.448 e. The van der Waals surface area contributed by atoms with Crippen LogP contribution in [0.3, 0.4) is 0 Å². The van der Waals surface area contributed by atoms with Crippen molar-refractivity contribution in [1.82, 2.24) is 4.90 Å². The maximum Gasteiger partial charge on any atom is 0.251 e. The molecule has 1 unspecified atom stereocenters. The second-order valence-corrected chi connectivity index (χ2v) is 9.81. The summed E-state index contributed by atoms with van der Waals surface area (Å²) in [5.74, 6) is 0.839. The van der Waals surface area contributed by atoms with Gasteiger partial charge in [-0.1, -0.05) is 27.2 Å². The smallest absolute Gasteiger partial charge is 0.251 e. The van der Waals surface area contributed by atoms with Gasteiger partial charge in [0.05, 0.1) is 0 Å². The molecule has 2 heterocycles. The Balaban J connectivity index is 1.42. The molecule has 0 radical (unpaired) electrons. The molecule has 2 fully saturated rings. The van der Waals surface area contributed by atoms with Gasteiger partial charge in [-0.3, -0.25) is 9.59 Å². The molecular weight excluding hydrogens is 368 g/mol. The Morgan fingerprint density at radius 1 is 1.10 bits per heavy atom. The van der Waals surface area contributed by atoms with Crippen LogP contribution in [0.5, 0.6) is 11.5 Å². The Kier molecular flexibility index (Phi) is 5.21. The summed E-state index contributed by atoms with van der Waals surface area (Å²) in [4.78, 5) is 27.3. The standard InChI is InChI=1S/C23H32N2O4/c1-22(2,3)15-20(26)25-13-7-8-17(25)21(27)24-16-9-10-18-19(14-16)29-23(28-18)11-5-4-6-12-23/h9-10,14,17H,4-8,11-13,15H2,1-3H3,(H,24,27). The van der Waals surface area contributed by atoms with E-state index in [4.69, 9.17) is 9.47 Å². The van der Waals surface area contributed by atoms with Crippen molar-refractivity contribution in [3.8, 4) is 11.5 Å². The fraction of sp³-hybridized carbons (Fsp3) is 0.652. The molecule has 2 amide bonds. The molecule has 3 aliphatic rings. The number of benzene rings is 1. The molecule has 1 spiro atoms. The molecule has 2 aliphatic heterocycles. The second-order valence-electron chi connectivity index (χ2n) is 9.81. The SMILES string of the molecule is CC(C)(C)CC(=O)N1CCCC1C(=O)Nc1ccc2c(c1)OC1(CCCCC1)O2. The van der Waals surface area contributed by atoms with E-state index in [0.29, 0.717) is 30.8 Å². The molecule has 6 heteroatoms. The van der Waals surface area contributed by atoms with Crippen LogP contribution in [-0.4, -0.2) is 35.1 Å². The molecule has 6 nitrogen and oxygen atoms in total. The first-order valence-corrected chi connectivity index (χ1v) is 10.9. The number of carbonyl (C=O) groups excluding carboxylic acids is 2. The number of fused-ring (bicyclic) bond motifs is 1. The first-order chi connectivity index (χ1) is 13.7. The zero-order valence-corrected chi connectivity index (χ0v) is 17.8. The Hall–Kier alpha value is -2.24. The van der Waals surface area contributed by atoms with Gasteiger partial charge in [0.2, 0.25) is 11.8 Å². The summed E-state index contributed by atoms with van der Waals surface area (Å²) in [6.45, 7) is 6.78. The summed E-state index contributed by atoms with van der Waals surface area (Å²) in [6, 6.07) is 5.15. The van der Waals surface area contributed by atoms with Crippen LogP contribution in [0.15, 0.2) is 18.2 Å². The highest BCUT2D eigenvalue weighted by molar-refractivity contribution is 5.97. The lowest BCUT2D eigenvalue weighted by atomic mass is 9.91. The van der Waals surface area contributed by atoms with E-state index in [1.807, 2.05) is 39.0 Å². The number of anilines is 1. The topological polar surface area (TPSA) is 67.9 Å². The van der Waals surface area contributed by atoms with Gasteiger partial charge in [0.25, 0.3) is 5.79 Å². The average molecular weight is 401 g/mol. The quantitative estimate of drug-likeness (QED) is 0.812. The zero-order valence-electron chi connectivity index (χ0n) is 17.8. The van der Waals surface area contributed by atoms with E-state index in [-0.39, 0.29) is 17.2 Å². The fourth-order valence-corrected chi connectivity index (χ4v) is 4.58. The molecule has 4 rings (SSSR count). The summed E-state index contributed by atoms with van der Waals surface area (Å²) < 4.78 is 12.3. The molecular formula is C23H32N2O4. The van der Waals surface area contributed by atoms with Crippen LogP contribution in [0, 0.1) is 5.41 Å². The number of carbonyl (C=O) groups is 2. The van der Waals surface area contributed by atoms with Gasteiger partial charge in [0, 0.05) is 37.6 Å². The van der Waals surface area contributed by atoms with Crippen LogP contribution in [0.1, 0.15) is 72.1 Å². The minimum absolute atomic E-state index is 0.0556. The lowest BCUT2D eigenvalue weighted by Gasteiger charge is -2.31. The van der Waals surface area contributed by atoms with Crippen LogP contribution in [0.4, 0.5) is 5.69 Å². The molecule has 158 valence electrons. The maximum absolute atomic E-state index is 12.9. The summed E-state index contributed by atoms with van der Waals surface area (Å²) in [5, 5.41) is 2.98. The summed E-state index contributed by atoms with van der Waals surface area (Å²) in [7, 11) is 0. The number of amides is 2. The highest BCUT2D eigenvalue weighted by atomic mass is 16.7. The predicted octanol–water partition coefficient (Wildman–Crippen LogP) is 4.48. The summed E-state index contributed by atoms with van der Waals surface area (Å²) in [5.41, 5.74) is 0.591. The third-order valence-corrected chi connectivity index (χ3v) is 5.98. The van der Waals surface area contributed by atoms with E-state index < -0.39 is 11.8 Å². The molecule has 1 saturated heterocycles. The Labute approximate surface area is 172 Å². The second kappa shape index (κ2) is 7.54. The third kappa shape index (κ3) is 4.36. The van der Waals surface area contributed by atoms with Crippen LogP contribution in [0.2, 0.25) is 0 Å². The van der Waals surface area contributed by atoms with Gasteiger partial charge in [0.15, 0.2) is 11.5 Å². The number of nitrogens with one attached hydrogen (secondary N) is 1. The van der Waals surface area contributed by atoms with Crippen LogP contribution >= 0.6 is 0 Å². The van der Waals surface area contributed by atoms with Crippen molar-refractivity contribution in [2.45, 2.75) is 84.0 Å². The predicted molar refractivity (Wildman–Crippen MR) is 111 cm³/mol. The van der Waals surface area contributed by atoms with E-state index in [2.05, 4.69) is 5.32 Å². The van der Waals surface area contributed by atoms with Gasteiger partial charge in [0.1, 0.15) is 6.04 Å². The van der Waals surface area contributed by atoms with Crippen molar-refractivity contribution in [2.24, 2.45) is 5.41 Å². The monoisotopic (exact) mass is 400 g/mol. The zero-order chi connectivity index (χ0) is 20.6. The van der Waals surface area contributed by atoms with Gasteiger partial charge in [-0.25, -0.2) is 0 Å². The van der Waals surface area contributed by atoms with Crippen molar-refractivity contribution in [3.63, 3.8) is 0 Å². The van der Waals surface area contributed by atoms with Crippen LogP contribution < -0.4 is 14.8 Å². The fourth-order valence-electron chi connectivity index (χ4n) is 4.58. The van der Waals surface area contributed by atoms with Gasteiger partial charge in [-0.2, -0.15) is 0 Å². The van der Waals surface area contributed by atoms with E-state index >= 15 is 0 Å². The van der Waals surface area contributed by atoms with Crippen molar-refractivity contribution in [3.05, 3.63) is 18.2 Å². The van der Waals surface area contributed by atoms with Gasteiger partial charge in [-0.15, -0.1) is 0 Å². The number of hydrogen-bond donors (Lipinski definition) is 1. The first-order valence-electron chi connectivity index (χ1n) is 10.9. The van der Waals surface area contributed by atoms with Gasteiger partial charge in [-0.05, 0) is 43.2 Å². The molecule has 29 heavy (non-hydrogen) atoms. The maximum atomic E-state index is 12.9. The number of likely N-dealkylation sites (tertiary alicyclic amines) is 1. The van der Waals surface area contributed by atoms with Gasteiger partial charge >= 0.3 is 0 Å². The lowest BCUT2D eigenvalue weighted by Crippen LogP contribution is -2.44. The van der Waals surface area contributed by atoms with Gasteiger partial charge < -0.3 is 19.7 Å². The minimum atomic E-state index is -0.523. The third-order valence-electron chi connectivity index (χ3n) is 5.98. The van der Waals surface area contributed by atoms with Crippen LogP contribution in [0.25, 0.3) is 0 Å². The van der Waals surface area contributed by atoms with Crippen molar-refractivity contribution < 1.29 is 19.1 Å². The van der Waals surface area contributed by atoms with Crippen molar-refractivity contribution >= 4 is 17.5 Å². The van der Waals surface area contributed by atoms with E-state index in [1.54, 1.807) is 4.90 Å². The Morgan fingerprint density at radius 2 is 1.83 bits per heavy atom. The van der Waals surface area contributed by atoms with Crippen molar-refractivity contribution in [2.75, 3.05) is 11.9 Å². The molecule has 1 aromatic rings. The average Bonchev–Trinajstić information content (AvgIpc) is 3.25. The normalized spacial score (nSPS) is 22.7. The van der Waals surface area contributed by atoms with E-state index in [0.717, 1.165) is 37.9 Å². The van der Waals surface area contributed by atoms with E-state index in [1.165, 1.54) is 6.42 Å². The molecule has 1 atom stereocenters. The number of ether oxygens (including phenoxy) is 2. The van der Waals surface area contributed by atoms with Crippen LogP contribution in [-0.2, 0) is 9.59 Å². The largest absolute Gasteiger partial charge is 0.448 e. The summed E-state index contributed by atoms with van der Waals surface area (Å²) >= 11 is 0. The molecule has 1 aliphatic carbocycles. The number of hydrogen-bond acceptors (Lipinski definition) is 4. The highest BCUT2D eigenvalue weighted by Gasteiger charge is 2.42. The molecule has 1 N–H and O–H groups in total.